The Morgan fingerprint density at radius 1 is 1.47 bits per heavy atom. The number of carboxylic acid groups (broad SMARTS) is 1. The third-order valence-electron chi connectivity index (χ3n) is 2.84. The van der Waals surface area contributed by atoms with Gasteiger partial charge in [-0.05, 0) is 13.0 Å². The summed E-state index contributed by atoms with van der Waals surface area (Å²) in [5.41, 5.74) is 0.663. The van der Waals surface area contributed by atoms with Gasteiger partial charge in [-0.15, -0.1) is 0 Å². The first-order valence-electron chi connectivity index (χ1n) is 6.01. The van der Waals surface area contributed by atoms with E-state index in [1.165, 1.54) is 0 Å². The maximum absolute atomic E-state index is 10.8. The van der Waals surface area contributed by atoms with Gasteiger partial charge >= 0.3 is 5.97 Å². The Hall–Kier alpha value is -2.30. The Morgan fingerprint density at radius 2 is 2.21 bits per heavy atom. The minimum absolute atomic E-state index is 0.0521. The zero-order chi connectivity index (χ0) is 13.8. The average molecular weight is 260 g/mol. The fraction of sp³-hybridized carbons (Fsp3) is 0.286. The summed E-state index contributed by atoms with van der Waals surface area (Å²) in [5, 5.41) is 8.88. The molecule has 1 aromatic carbocycles. The second-order valence-electron chi connectivity index (χ2n) is 4.33. The van der Waals surface area contributed by atoms with E-state index in [9.17, 15) is 4.79 Å². The summed E-state index contributed by atoms with van der Waals surface area (Å²) in [5.74, 6) is 0.506. The number of rotatable bonds is 5. The fourth-order valence-corrected chi connectivity index (χ4v) is 1.94. The maximum Gasteiger partial charge on any atom is 0.307 e. The normalized spacial score (nSPS) is 12.1. The van der Waals surface area contributed by atoms with E-state index < -0.39 is 5.97 Å². The van der Waals surface area contributed by atoms with E-state index in [1.807, 2.05) is 30.8 Å². The summed E-state index contributed by atoms with van der Waals surface area (Å²) in [7, 11) is 1.89. The molecule has 1 N–H and O–H groups in total. The molecule has 0 spiro atoms. The molecule has 0 aliphatic carbocycles. The van der Waals surface area contributed by atoms with Crippen LogP contribution in [0.4, 0.5) is 0 Å². The van der Waals surface area contributed by atoms with Crippen molar-refractivity contribution in [1.82, 2.24) is 9.55 Å². The molecule has 0 bridgehead atoms. The van der Waals surface area contributed by atoms with E-state index in [0.29, 0.717) is 11.3 Å². The van der Waals surface area contributed by atoms with Crippen LogP contribution in [0, 0.1) is 0 Å². The van der Waals surface area contributed by atoms with Gasteiger partial charge in [-0.3, -0.25) is 4.79 Å². The minimum Gasteiger partial charge on any atom is -0.483 e. The fourth-order valence-electron chi connectivity index (χ4n) is 1.94. The third-order valence-corrected chi connectivity index (χ3v) is 2.84. The molecule has 1 heterocycles. The van der Waals surface area contributed by atoms with E-state index in [0.717, 1.165) is 5.82 Å². The van der Waals surface area contributed by atoms with Gasteiger partial charge in [0.2, 0.25) is 0 Å². The second-order valence-corrected chi connectivity index (χ2v) is 4.33. The van der Waals surface area contributed by atoms with E-state index in [4.69, 9.17) is 9.84 Å². The molecule has 0 fully saturated rings. The lowest BCUT2D eigenvalue weighted by Gasteiger charge is -2.16. The van der Waals surface area contributed by atoms with Crippen molar-refractivity contribution in [2.24, 2.45) is 7.05 Å². The van der Waals surface area contributed by atoms with Crippen LogP contribution in [0.1, 0.15) is 24.4 Å². The van der Waals surface area contributed by atoms with Crippen LogP contribution in [0.2, 0.25) is 0 Å². The number of ether oxygens (including phenoxy) is 1. The number of carboxylic acids is 1. The summed E-state index contributed by atoms with van der Waals surface area (Å²) in [6.07, 6.45) is 3.26. The highest BCUT2D eigenvalue weighted by atomic mass is 16.5. The van der Waals surface area contributed by atoms with Crippen molar-refractivity contribution < 1.29 is 14.6 Å². The van der Waals surface area contributed by atoms with Crippen LogP contribution in [0.25, 0.3) is 0 Å². The van der Waals surface area contributed by atoms with Crippen LogP contribution in [-0.4, -0.2) is 20.6 Å². The number of aromatic nitrogens is 2. The first-order valence-corrected chi connectivity index (χ1v) is 6.01. The van der Waals surface area contributed by atoms with Crippen molar-refractivity contribution in [3.63, 3.8) is 0 Å². The maximum atomic E-state index is 10.8. The highest BCUT2D eigenvalue weighted by Crippen LogP contribution is 2.24. The van der Waals surface area contributed by atoms with Crippen molar-refractivity contribution in [3.05, 3.63) is 48.0 Å². The van der Waals surface area contributed by atoms with Crippen molar-refractivity contribution in [1.29, 1.82) is 0 Å². The first-order chi connectivity index (χ1) is 9.08. The zero-order valence-corrected chi connectivity index (χ0v) is 10.9. The lowest BCUT2D eigenvalue weighted by Crippen LogP contribution is -2.11. The predicted molar refractivity (Wildman–Crippen MR) is 70.0 cm³/mol. The SMILES string of the molecule is CC(Oc1ccccc1CC(=O)O)c1nccn1C. The number of benzene rings is 1. The van der Waals surface area contributed by atoms with Gasteiger partial charge in [0.05, 0.1) is 6.42 Å². The van der Waals surface area contributed by atoms with E-state index in [1.54, 1.807) is 24.4 Å². The minimum atomic E-state index is -0.874. The molecule has 0 aliphatic heterocycles. The Balaban J connectivity index is 2.19. The van der Waals surface area contributed by atoms with Gasteiger partial charge in [0.1, 0.15) is 11.6 Å². The Labute approximate surface area is 111 Å². The number of para-hydroxylation sites is 1. The Bertz CT molecular complexity index is 578. The number of hydrogen-bond donors (Lipinski definition) is 1. The van der Waals surface area contributed by atoms with Gasteiger partial charge in [0.25, 0.3) is 0 Å². The number of aryl methyl sites for hydroxylation is 1. The summed E-state index contributed by atoms with van der Waals surface area (Å²) in [6, 6.07) is 7.16. The highest BCUT2D eigenvalue weighted by Gasteiger charge is 2.14. The van der Waals surface area contributed by atoms with E-state index in [-0.39, 0.29) is 12.5 Å². The number of carbonyl (C=O) groups is 1. The zero-order valence-electron chi connectivity index (χ0n) is 10.9. The predicted octanol–water partition coefficient (Wildman–Crippen LogP) is 2.19. The molecular formula is C14H16N2O3. The van der Waals surface area contributed by atoms with Gasteiger partial charge in [0.15, 0.2) is 6.10 Å². The topological polar surface area (TPSA) is 64.3 Å². The van der Waals surface area contributed by atoms with Gasteiger partial charge in [-0.1, -0.05) is 18.2 Å². The molecule has 0 saturated carbocycles. The number of imidazole rings is 1. The molecular weight excluding hydrogens is 244 g/mol. The lowest BCUT2D eigenvalue weighted by molar-refractivity contribution is -0.136. The van der Waals surface area contributed by atoms with Gasteiger partial charge in [0, 0.05) is 25.0 Å². The first kappa shape index (κ1) is 13.1. The van der Waals surface area contributed by atoms with Crippen LogP contribution >= 0.6 is 0 Å². The van der Waals surface area contributed by atoms with Crippen LogP contribution in [-0.2, 0) is 18.3 Å². The molecule has 1 atom stereocenters. The second kappa shape index (κ2) is 5.56. The van der Waals surface area contributed by atoms with Crippen molar-refractivity contribution >= 4 is 5.97 Å². The largest absolute Gasteiger partial charge is 0.483 e. The molecule has 0 amide bonds. The molecule has 0 saturated heterocycles. The standard InChI is InChI=1S/C14H16N2O3/c1-10(14-15-7-8-16(14)2)19-12-6-4-3-5-11(12)9-13(17)18/h3-8,10H,9H2,1-2H3,(H,17,18). The Morgan fingerprint density at radius 3 is 2.84 bits per heavy atom. The number of nitrogens with zero attached hydrogens (tertiary/aromatic N) is 2. The lowest BCUT2D eigenvalue weighted by atomic mass is 10.1. The van der Waals surface area contributed by atoms with Crippen LogP contribution in [0.3, 0.4) is 0 Å². The van der Waals surface area contributed by atoms with Crippen LogP contribution < -0.4 is 4.74 Å². The van der Waals surface area contributed by atoms with Gasteiger partial charge in [-0.2, -0.15) is 0 Å². The quantitative estimate of drug-likeness (QED) is 0.895. The molecule has 2 rings (SSSR count). The van der Waals surface area contributed by atoms with Crippen molar-refractivity contribution in [3.8, 4) is 5.75 Å². The van der Waals surface area contributed by atoms with Gasteiger partial charge < -0.3 is 14.4 Å². The summed E-state index contributed by atoms with van der Waals surface area (Å²) >= 11 is 0. The molecule has 100 valence electrons. The smallest absolute Gasteiger partial charge is 0.307 e. The monoisotopic (exact) mass is 260 g/mol. The molecule has 1 aromatic heterocycles. The highest BCUT2D eigenvalue weighted by molar-refractivity contribution is 5.71. The summed E-state index contributed by atoms with van der Waals surface area (Å²) < 4.78 is 7.70. The average Bonchev–Trinajstić information content (AvgIpc) is 2.77. The van der Waals surface area contributed by atoms with Crippen LogP contribution in [0.15, 0.2) is 36.7 Å². The van der Waals surface area contributed by atoms with Crippen molar-refractivity contribution in [2.75, 3.05) is 0 Å². The third kappa shape index (κ3) is 3.13. The van der Waals surface area contributed by atoms with Gasteiger partial charge in [-0.25, -0.2) is 4.98 Å². The molecule has 19 heavy (non-hydrogen) atoms. The number of aliphatic carboxylic acids is 1. The van der Waals surface area contributed by atoms with Crippen molar-refractivity contribution in [2.45, 2.75) is 19.4 Å². The van der Waals surface area contributed by atoms with E-state index >= 15 is 0 Å². The summed E-state index contributed by atoms with van der Waals surface area (Å²) in [6.45, 7) is 1.89. The van der Waals surface area contributed by atoms with Crippen LogP contribution in [0.5, 0.6) is 5.75 Å². The molecule has 0 radical (unpaired) electrons. The molecule has 5 nitrogen and oxygen atoms in total. The Kier molecular flexibility index (Phi) is 3.85. The molecule has 2 aromatic rings. The number of hydrogen-bond acceptors (Lipinski definition) is 3. The molecule has 5 heteroatoms. The van der Waals surface area contributed by atoms with E-state index in [2.05, 4.69) is 4.98 Å². The molecule has 1 unspecified atom stereocenters. The molecule has 0 aliphatic rings. The summed E-state index contributed by atoms with van der Waals surface area (Å²) in [4.78, 5) is 15.0.